The Kier molecular flexibility index (Phi) is 3.48. The number of aromatic nitrogens is 3. The Morgan fingerprint density at radius 3 is 2.92 bits per heavy atom. The van der Waals surface area contributed by atoms with Gasteiger partial charge in [0.05, 0.1) is 0 Å². The van der Waals surface area contributed by atoms with E-state index < -0.39 is 18.5 Å². The minimum atomic E-state index is -4.50. The smallest absolute Gasteiger partial charge is 0.346 e. The number of pyridine rings is 2. The van der Waals surface area contributed by atoms with E-state index in [0.29, 0.717) is 0 Å². The van der Waals surface area contributed by atoms with Gasteiger partial charge in [-0.1, -0.05) is 6.08 Å². The maximum Gasteiger partial charge on any atom is 0.397 e. The van der Waals surface area contributed by atoms with E-state index in [0.717, 1.165) is 32.9 Å². The van der Waals surface area contributed by atoms with Crippen LogP contribution in [0.1, 0.15) is 12.0 Å². The molecular weight excluding hydrogens is 333 g/mol. The van der Waals surface area contributed by atoms with Crippen molar-refractivity contribution in [3.05, 3.63) is 42.5 Å². The molecule has 0 aliphatic carbocycles. The monoisotopic (exact) mass is 346 g/mol. The average molecular weight is 346 g/mol. The second-order valence-corrected chi connectivity index (χ2v) is 5.95. The molecule has 1 aliphatic heterocycles. The highest BCUT2D eigenvalue weighted by atomic mass is 19.4. The molecule has 0 bridgehead atoms. The van der Waals surface area contributed by atoms with Crippen LogP contribution < -0.4 is 0 Å². The van der Waals surface area contributed by atoms with Crippen molar-refractivity contribution in [3.8, 4) is 0 Å². The van der Waals surface area contributed by atoms with Crippen LogP contribution in [0.15, 0.2) is 36.9 Å². The lowest BCUT2D eigenvalue weighted by Gasteiger charge is -2.18. The Bertz CT molecular complexity index is 1010. The van der Waals surface area contributed by atoms with Gasteiger partial charge in [0.15, 0.2) is 0 Å². The number of nitrogens with one attached hydrogen (secondary N) is 1. The zero-order valence-corrected chi connectivity index (χ0v) is 13.0. The van der Waals surface area contributed by atoms with Crippen LogP contribution >= 0.6 is 0 Å². The Morgan fingerprint density at radius 2 is 2.12 bits per heavy atom. The normalized spacial score (nSPS) is 15.2. The molecule has 0 fully saturated rings. The molecule has 128 valence electrons. The first-order chi connectivity index (χ1) is 11.9. The van der Waals surface area contributed by atoms with Gasteiger partial charge in [0.1, 0.15) is 12.1 Å². The van der Waals surface area contributed by atoms with Gasteiger partial charge in [0, 0.05) is 59.6 Å². The largest absolute Gasteiger partial charge is 0.397 e. The van der Waals surface area contributed by atoms with E-state index in [1.807, 2.05) is 6.07 Å². The molecule has 0 aromatic carbocycles. The first kappa shape index (κ1) is 15.6. The SMILES string of the molecule is O=C(CC(F)(F)F)N1CC=C(c2cncc3cnc4[nH]ccc4c23)C1. The van der Waals surface area contributed by atoms with Crippen molar-refractivity contribution in [1.82, 2.24) is 19.9 Å². The number of fused-ring (bicyclic) bond motifs is 3. The molecule has 0 atom stereocenters. The molecule has 0 unspecified atom stereocenters. The number of nitrogens with zero attached hydrogens (tertiary/aromatic N) is 3. The Labute approximate surface area is 140 Å². The van der Waals surface area contributed by atoms with Gasteiger partial charge in [-0.3, -0.25) is 9.78 Å². The third-order valence-electron chi connectivity index (χ3n) is 4.27. The fraction of sp³-hybridized carbons (Fsp3) is 0.235. The van der Waals surface area contributed by atoms with Crippen molar-refractivity contribution < 1.29 is 18.0 Å². The summed E-state index contributed by atoms with van der Waals surface area (Å²) in [6.45, 7) is 0.311. The van der Waals surface area contributed by atoms with Crippen molar-refractivity contribution >= 4 is 33.3 Å². The molecule has 4 heterocycles. The van der Waals surface area contributed by atoms with E-state index >= 15 is 0 Å². The minimum Gasteiger partial charge on any atom is -0.346 e. The molecule has 3 aromatic rings. The second-order valence-electron chi connectivity index (χ2n) is 5.95. The first-order valence-electron chi connectivity index (χ1n) is 7.66. The summed E-state index contributed by atoms with van der Waals surface area (Å²) < 4.78 is 37.3. The maximum absolute atomic E-state index is 12.4. The summed E-state index contributed by atoms with van der Waals surface area (Å²) in [5.74, 6) is -0.916. The highest BCUT2D eigenvalue weighted by Gasteiger charge is 2.34. The number of hydrogen-bond donors (Lipinski definition) is 1. The van der Waals surface area contributed by atoms with Gasteiger partial charge in [-0.25, -0.2) is 4.98 Å². The molecule has 8 heteroatoms. The van der Waals surface area contributed by atoms with Crippen LogP contribution in [0, 0.1) is 0 Å². The number of carbonyl (C=O) groups excluding carboxylic acids is 1. The maximum atomic E-state index is 12.4. The zero-order chi connectivity index (χ0) is 17.6. The lowest BCUT2D eigenvalue weighted by Crippen LogP contribution is -2.32. The molecule has 0 radical (unpaired) electrons. The van der Waals surface area contributed by atoms with E-state index in [9.17, 15) is 18.0 Å². The number of amides is 1. The summed E-state index contributed by atoms with van der Waals surface area (Å²) in [6.07, 6.45) is 2.70. The number of carbonyl (C=O) groups is 1. The van der Waals surface area contributed by atoms with Gasteiger partial charge in [-0.05, 0) is 11.6 Å². The molecule has 4 rings (SSSR count). The highest BCUT2D eigenvalue weighted by Crippen LogP contribution is 2.32. The summed E-state index contributed by atoms with van der Waals surface area (Å²) in [6, 6.07) is 1.90. The predicted molar refractivity (Wildman–Crippen MR) is 86.6 cm³/mol. The lowest BCUT2D eigenvalue weighted by atomic mass is 10.0. The average Bonchev–Trinajstić information content (AvgIpc) is 3.22. The molecule has 0 saturated heterocycles. The molecule has 1 N–H and O–H groups in total. The van der Waals surface area contributed by atoms with E-state index in [1.54, 1.807) is 30.9 Å². The van der Waals surface area contributed by atoms with E-state index in [-0.39, 0.29) is 13.1 Å². The molecule has 0 saturated carbocycles. The Morgan fingerprint density at radius 1 is 1.28 bits per heavy atom. The molecule has 1 amide bonds. The van der Waals surface area contributed by atoms with Crippen LogP contribution in [-0.2, 0) is 4.79 Å². The second kappa shape index (κ2) is 5.58. The van der Waals surface area contributed by atoms with Crippen LogP contribution in [0.25, 0.3) is 27.4 Å². The fourth-order valence-corrected chi connectivity index (χ4v) is 3.15. The third kappa shape index (κ3) is 2.84. The van der Waals surface area contributed by atoms with Gasteiger partial charge in [0.25, 0.3) is 0 Å². The Hall–Kier alpha value is -2.90. The summed E-state index contributed by atoms with van der Waals surface area (Å²) in [5.41, 5.74) is 2.33. The van der Waals surface area contributed by atoms with Crippen molar-refractivity contribution in [2.24, 2.45) is 0 Å². The van der Waals surface area contributed by atoms with Gasteiger partial charge in [-0.2, -0.15) is 13.2 Å². The number of alkyl halides is 3. The first-order valence-corrected chi connectivity index (χ1v) is 7.66. The zero-order valence-electron chi connectivity index (χ0n) is 13.0. The molecular formula is C17H13F3N4O. The lowest BCUT2D eigenvalue weighted by molar-refractivity contribution is -0.160. The quantitative estimate of drug-likeness (QED) is 0.775. The third-order valence-corrected chi connectivity index (χ3v) is 4.27. The highest BCUT2D eigenvalue weighted by molar-refractivity contribution is 6.10. The number of halogens is 3. The molecule has 1 aliphatic rings. The fourth-order valence-electron chi connectivity index (χ4n) is 3.15. The molecule has 0 spiro atoms. The predicted octanol–water partition coefficient (Wildman–Crippen LogP) is 3.29. The molecule has 25 heavy (non-hydrogen) atoms. The number of H-pyrrole nitrogens is 1. The molecule has 5 nitrogen and oxygen atoms in total. The van der Waals surface area contributed by atoms with Gasteiger partial charge < -0.3 is 9.88 Å². The van der Waals surface area contributed by atoms with Crippen LogP contribution in [0.2, 0.25) is 0 Å². The van der Waals surface area contributed by atoms with E-state index in [4.69, 9.17) is 0 Å². The number of hydrogen-bond acceptors (Lipinski definition) is 3. The minimum absolute atomic E-state index is 0.143. The number of rotatable bonds is 2. The van der Waals surface area contributed by atoms with Gasteiger partial charge >= 0.3 is 6.18 Å². The summed E-state index contributed by atoms with van der Waals surface area (Å²) in [4.78, 5) is 24.6. The summed E-state index contributed by atoms with van der Waals surface area (Å²) >= 11 is 0. The van der Waals surface area contributed by atoms with Gasteiger partial charge in [-0.15, -0.1) is 0 Å². The van der Waals surface area contributed by atoms with Crippen molar-refractivity contribution in [3.63, 3.8) is 0 Å². The van der Waals surface area contributed by atoms with E-state index in [2.05, 4.69) is 15.0 Å². The Balaban J connectivity index is 1.69. The van der Waals surface area contributed by atoms with Crippen LogP contribution in [-0.4, -0.2) is 45.0 Å². The van der Waals surface area contributed by atoms with Crippen LogP contribution in [0.3, 0.4) is 0 Å². The van der Waals surface area contributed by atoms with Gasteiger partial charge in [0.2, 0.25) is 5.91 Å². The van der Waals surface area contributed by atoms with Crippen LogP contribution in [0.5, 0.6) is 0 Å². The molecule has 3 aromatic heterocycles. The van der Waals surface area contributed by atoms with Crippen molar-refractivity contribution in [1.29, 1.82) is 0 Å². The van der Waals surface area contributed by atoms with E-state index in [1.165, 1.54) is 4.90 Å². The summed E-state index contributed by atoms with van der Waals surface area (Å²) in [7, 11) is 0. The van der Waals surface area contributed by atoms with Crippen molar-refractivity contribution in [2.75, 3.05) is 13.1 Å². The van der Waals surface area contributed by atoms with Crippen molar-refractivity contribution in [2.45, 2.75) is 12.6 Å². The summed E-state index contributed by atoms with van der Waals surface area (Å²) in [5, 5.41) is 2.68. The van der Waals surface area contributed by atoms with Crippen LogP contribution in [0.4, 0.5) is 13.2 Å². The topological polar surface area (TPSA) is 61.9 Å². The standard InChI is InChI=1S/C17H13F3N4O/c18-17(19,20)5-14(25)24-4-2-10(9-24)13-8-21-6-11-7-23-16-12(15(11)13)1-3-22-16/h1-3,6-8H,4-5,9H2,(H,22,23). The number of aromatic amines is 1.